The summed E-state index contributed by atoms with van der Waals surface area (Å²) in [6.45, 7) is 7.12. The van der Waals surface area contributed by atoms with Gasteiger partial charge >= 0.3 is 5.97 Å². The van der Waals surface area contributed by atoms with E-state index >= 15 is 0 Å². The maximum Gasteiger partial charge on any atom is 0.341 e. The molecule has 1 unspecified atom stereocenters. The molecule has 0 spiro atoms. The summed E-state index contributed by atoms with van der Waals surface area (Å²) in [6.07, 6.45) is 1.41. The van der Waals surface area contributed by atoms with E-state index in [1.165, 1.54) is 6.20 Å². The van der Waals surface area contributed by atoms with Crippen LogP contribution in [0.1, 0.15) is 24.2 Å². The summed E-state index contributed by atoms with van der Waals surface area (Å²) in [5.41, 5.74) is 0.855. The van der Waals surface area contributed by atoms with E-state index in [2.05, 4.69) is 17.1 Å². The molecule has 1 fully saturated rings. The van der Waals surface area contributed by atoms with Crippen molar-refractivity contribution in [2.45, 2.75) is 26.4 Å². The van der Waals surface area contributed by atoms with Gasteiger partial charge in [0.25, 0.3) is 0 Å². The van der Waals surface area contributed by atoms with Crippen molar-refractivity contribution in [3.8, 4) is 0 Å². The molecule has 0 amide bonds. The zero-order chi connectivity index (χ0) is 17.4. The number of carboxylic acids is 1. The lowest BCUT2D eigenvalue weighted by Crippen LogP contribution is -2.49. The Labute approximate surface area is 144 Å². The van der Waals surface area contributed by atoms with E-state index in [0.29, 0.717) is 28.5 Å². The van der Waals surface area contributed by atoms with Gasteiger partial charge in [-0.15, -0.1) is 0 Å². The van der Waals surface area contributed by atoms with Gasteiger partial charge in [0.2, 0.25) is 5.43 Å². The first kappa shape index (κ1) is 16.8. The molecule has 6 nitrogen and oxygen atoms in total. The van der Waals surface area contributed by atoms with Crippen molar-refractivity contribution in [2.75, 3.05) is 24.5 Å². The van der Waals surface area contributed by atoms with Crippen LogP contribution in [0.3, 0.4) is 0 Å². The second-order valence-corrected chi connectivity index (χ2v) is 6.49. The fraction of sp³-hybridized carbons (Fsp3) is 0.412. The number of hydrogen-bond donors (Lipinski definition) is 2. The summed E-state index contributed by atoms with van der Waals surface area (Å²) in [4.78, 5) is 26.0. The van der Waals surface area contributed by atoms with Crippen molar-refractivity contribution in [1.82, 2.24) is 9.88 Å². The number of aromatic nitrogens is 1. The van der Waals surface area contributed by atoms with Crippen LogP contribution in [-0.4, -0.2) is 41.3 Å². The van der Waals surface area contributed by atoms with E-state index in [0.717, 1.165) is 25.3 Å². The highest BCUT2D eigenvalue weighted by atomic mass is 35.5. The molecule has 1 aromatic carbocycles. The standard InChI is InChI=1S/C17H20ClN3O3/c1-3-20-9-12(17(23)24)16(22)11-6-13(18)15(7-14(11)20)21-5-4-19-10(2)8-21/h6-7,9-10,19H,3-5,8H2,1-2H3,(H,23,24). The summed E-state index contributed by atoms with van der Waals surface area (Å²) in [5.74, 6) is -1.22. The number of rotatable bonds is 3. The number of carbonyl (C=O) groups is 1. The Balaban J connectivity index is 2.22. The van der Waals surface area contributed by atoms with Gasteiger partial charge in [0.1, 0.15) is 5.56 Å². The monoisotopic (exact) mass is 349 g/mol. The van der Waals surface area contributed by atoms with Crippen LogP contribution in [0.4, 0.5) is 5.69 Å². The lowest BCUT2D eigenvalue weighted by molar-refractivity contribution is 0.0695. The molecular formula is C17H20ClN3O3. The molecule has 0 radical (unpaired) electrons. The van der Waals surface area contributed by atoms with Crippen LogP contribution in [0.2, 0.25) is 5.02 Å². The van der Waals surface area contributed by atoms with Gasteiger partial charge in [0.05, 0.1) is 16.2 Å². The van der Waals surface area contributed by atoms with Crippen molar-refractivity contribution in [3.63, 3.8) is 0 Å². The highest BCUT2D eigenvalue weighted by Gasteiger charge is 2.21. The highest BCUT2D eigenvalue weighted by Crippen LogP contribution is 2.31. The van der Waals surface area contributed by atoms with Crippen LogP contribution in [0.15, 0.2) is 23.1 Å². The van der Waals surface area contributed by atoms with Crippen LogP contribution in [0.5, 0.6) is 0 Å². The molecule has 1 aliphatic rings. The molecule has 1 aromatic heterocycles. The van der Waals surface area contributed by atoms with E-state index in [4.69, 9.17) is 11.6 Å². The maximum atomic E-state index is 12.5. The van der Waals surface area contributed by atoms with Crippen LogP contribution >= 0.6 is 11.6 Å². The lowest BCUT2D eigenvalue weighted by Gasteiger charge is -2.34. The fourth-order valence-corrected chi connectivity index (χ4v) is 3.49. The van der Waals surface area contributed by atoms with Gasteiger partial charge in [-0.2, -0.15) is 0 Å². The van der Waals surface area contributed by atoms with Gasteiger partial charge in [-0.25, -0.2) is 4.79 Å². The molecule has 1 aliphatic heterocycles. The number of fused-ring (bicyclic) bond motifs is 1. The molecule has 2 N–H and O–H groups in total. The summed E-state index contributed by atoms with van der Waals surface area (Å²) in [7, 11) is 0. The minimum atomic E-state index is -1.22. The first-order valence-corrected chi connectivity index (χ1v) is 8.38. The molecule has 24 heavy (non-hydrogen) atoms. The summed E-state index contributed by atoms with van der Waals surface area (Å²) in [5, 5.41) is 13.4. The largest absolute Gasteiger partial charge is 0.477 e. The van der Waals surface area contributed by atoms with Crippen LogP contribution < -0.4 is 15.6 Å². The second-order valence-electron chi connectivity index (χ2n) is 6.09. The molecule has 2 aromatic rings. The number of benzene rings is 1. The minimum absolute atomic E-state index is 0.232. The Bertz CT molecular complexity index is 862. The molecule has 3 rings (SSSR count). The van der Waals surface area contributed by atoms with Crippen LogP contribution in [-0.2, 0) is 6.54 Å². The average Bonchev–Trinajstić information content (AvgIpc) is 2.55. The van der Waals surface area contributed by atoms with Gasteiger partial charge in [-0.1, -0.05) is 11.6 Å². The predicted molar refractivity (Wildman–Crippen MR) is 95.5 cm³/mol. The van der Waals surface area contributed by atoms with Gasteiger partial charge < -0.3 is 19.9 Å². The third-order valence-corrected chi connectivity index (χ3v) is 4.73. The topological polar surface area (TPSA) is 74.6 Å². The Hall–Kier alpha value is -2.05. The molecule has 1 atom stereocenters. The number of carboxylic acid groups (broad SMARTS) is 1. The van der Waals surface area contributed by atoms with Crippen molar-refractivity contribution in [3.05, 3.63) is 39.1 Å². The Morgan fingerprint density at radius 1 is 1.46 bits per heavy atom. The number of nitrogens with one attached hydrogen (secondary N) is 1. The molecule has 1 saturated heterocycles. The van der Waals surface area contributed by atoms with Crippen molar-refractivity contribution >= 4 is 34.2 Å². The molecule has 0 saturated carbocycles. The number of halogens is 1. The third-order valence-electron chi connectivity index (χ3n) is 4.43. The van der Waals surface area contributed by atoms with E-state index in [1.807, 2.05) is 13.0 Å². The van der Waals surface area contributed by atoms with E-state index < -0.39 is 11.4 Å². The summed E-state index contributed by atoms with van der Waals surface area (Å²) < 4.78 is 1.78. The molecule has 2 heterocycles. The SMILES string of the molecule is CCn1cc(C(=O)O)c(=O)c2cc(Cl)c(N3CCNC(C)C3)cc21. The molecule has 0 aliphatic carbocycles. The zero-order valence-corrected chi connectivity index (χ0v) is 14.4. The molecule has 0 bridgehead atoms. The molecular weight excluding hydrogens is 330 g/mol. The van der Waals surface area contributed by atoms with Gasteiger partial charge in [-0.3, -0.25) is 4.79 Å². The summed E-state index contributed by atoms with van der Waals surface area (Å²) >= 11 is 6.43. The van der Waals surface area contributed by atoms with Crippen molar-refractivity contribution < 1.29 is 9.90 Å². The third kappa shape index (κ3) is 2.87. The number of aryl methyl sites for hydroxylation is 1. The Kier molecular flexibility index (Phi) is 4.51. The van der Waals surface area contributed by atoms with Gasteiger partial charge in [-0.05, 0) is 26.0 Å². The smallest absolute Gasteiger partial charge is 0.341 e. The summed E-state index contributed by atoms with van der Waals surface area (Å²) in [6, 6.07) is 3.85. The van der Waals surface area contributed by atoms with Crippen molar-refractivity contribution in [2.24, 2.45) is 0 Å². The predicted octanol–water partition coefficient (Wildman–Crippen LogP) is 2.17. The number of nitrogens with zero attached hydrogens (tertiary/aromatic N) is 2. The highest BCUT2D eigenvalue weighted by molar-refractivity contribution is 6.34. The number of anilines is 1. The maximum absolute atomic E-state index is 12.5. The number of pyridine rings is 1. The quantitative estimate of drug-likeness (QED) is 0.888. The van der Waals surface area contributed by atoms with Crippen LogP contribution in [0, 0.1) is 0 Å². The number of piperazine rings is 1. The van der Waals surface area contributed by atoms with Gasteiger partial charge in [0.15, 0.2) is 0 Å². The number of hydrogen-bond acceptors (Lipinski definition) is 4. The fourth-order valence-electron chi connectivity index (χ4n) is 3.21. The van der Waals surface area contributed by atoms with E-state index in [9.17, 15) is 14.7 Å². The Morgan fingerprint density at radius 3 is 2.83 bits per heavy atom. The lowest BCUT2D eigenvalue weighted by atomic mass is 10.1. The van der Waals surface area contributed by atoms with E-state index in [1.54, 1.807) is 10.6 Å². The normalized spacial score (nSPS) is 18.1. The molecule has 7 heteroatoms. The molecule has 128 valence electrons. The second kappa shape index (κ2) is 6.45. The number of aromatic carboxylic acids is 1. The van der Waals surface area contributed by atoms with Crippen molar-refractivity contribution in [1.29, 1.82) is 0 Å². The van der Waals surface area contributed by atoms with Crippen LogP contribution in [0.25, 0.3) is 10.9 Å². The minimum Gasteiger partial charge on any atom is -0.477 e. The van der Waals surface area contributed by atoms with Gasteiger partial charge in [0, 0.05) is 43.8 Å². The average molecular weight is 350 g/mol. The first-order valence-electron chi connectivity index (χ1n) is 8.00. The Morgan fingerprint density at radius 2 is 2.21 bits per heavy atom. The first-order chi connectivity index (χ1) is 11.4. The zero-order valence-electron chi connectivity index (χ0n) is 13.7. The van der Waals surface area contributed by atoms with E-state index in [-0.39, 0.29) is 5.56 Å².